The maximum atomic E-state index is 10.00. The molecule has 5 nitrogen and oxygen atoms in total. The zero-order valence-corrected chi connectivity index (χ0v) is 14.3. The highest BCUT2D eigenvalue weighted by Crippen LogP contribution is 2.42. The van der Waals surface area contributed by atoms with E-state index >= 15 is 0 Å². The van der Waals surface area contributed by atoms with Crippen LogP contribution in [0.3, 0.4) is 0 Å². The van der Waals surface area contributed by atoms with Gasteiger partial charge in [-0.25, -0.2) is 4.98 Å². The number of aromatic nitrogens is 4. The summed E-state index contributed by atoms with van der Waals surface area (Å²) >= 11 is 0. The number of aliphatic hydroxyl groups is 1. The van der Waals surface area contributed by atoms with Crippen LogP contribution >= 0.6 is 0 Å². The number of hydrogen-bond donors (Lipinski definition) is 2. The fraction of sp³-hybridized carbons (Fsp3) is 0.400. The molecule has 1 saturated carbocycles. The number of nitrogens with zero attached hydrogens (tertiary/aromatic N) is 3. The van der Waals surface area contributed by atoms with E-state index in [0.29, 0.717) is 11.8 Å². The smallest absolute Gasteiger partial charge is 0.137 e. The molecule has 0 aromatic carbocycles. The largest absolute Gasteiger partial charge is 0.393 e. The molecule has 3 aromatic heterocycles. The predicted octanol–water partition coefficient (Wildman–Crippen LogP) is 3.53. The molecule has 5 heteroatoms. The van der Waals surface area contributed by atoms with E-state index < -0.39 is 0 Å². The van der Waals surface area contributed by atoms with E-state index in [4.69, 9.17) is 0 Å². The molecule has 2 aliphatic carbocycles. The van der Waals surface area contributed by atoms with E-state index in [-0.39, 0.29) is 6.10 Å². The van der Waals surface area contributed by atoms with E-state index in [2.05, 4.69) is 27.2 Å². The monoisotopic (exact) mass is 334 g/mol. The molecule has 3 heterocycles. The molecule has 3 atom stereocenters. The van der Waals surface area contributed by atoms with Crippen LogP contribution in [0.1, 0.15) is 31.2 Å². The fourth-order valence-electron chi connectivity index (χ4n) is 4.61. The molecule has 0 saturated heterocycles. The van der Waals surface area contributed by atoms with Gasteiger partial charge < -0.3 is 10.1 Å². The quantitative estimate of drug-likeness (QED) is 0.753. The van der Waals surface area contributed by atoms with E-state index in [1.54, 1.807) is 0 Å². The molecule has 3 unspecified atom stereocenters. The Morgan fingerprint density at radius 2 is 2.12 bits per heavy atom. The molecular weight excluding hydrogens is 312 g/mol. The number of hydrogen-bond acceptors (Lipinski definition) is 3. The highest BCUT2D eigenvalue weighted by molar-refractivity contribution is 5.95. The van der Waals surface area contributed by atoms with Gasteiger partial charge in [0, 0.05) is 42.2 Å². The molecule has 128 valence electrons. The van der Waals surface area contributed by atoms with Gasteiger partial charge >= 0.3 is 0 Å². The van der Waals surface area contributed by atoms with Crippen molar-refractivity contribution < 1.29 is 5.11 Å². The first kappa shape index (κ1) is 14.9. The summed E-state index contributed by atoms with van der Waals surface area (Å²) in [5.74, 6) is 1.12. The second-order valence-electron chi connectivity index (χ2n) is 7.61. The number of fused-ring (bicyclic) bond motifs is 3. The van der Waals surface area contributed by atoms with Crippen LogP contribution in [0.4, 0.5) is 0 Å². The second kappa shape index (κ2) is 5.56. The van der Waals surface area contributed by atoms with Gasteiger partial charge in [-0.1, -0.05) is 6.08 Å². The number of pyridine rings is 1. The average Bonchev–Trinajstić information content (AvgIpc) is 3.18. The molecule has 25 heavy (non-hydrogen) atoms. The Labute approximate surface area is 146 Å². The maximum Gasteiger partial charge on any atom is 0.137 e. The van der Waals surface area contributed by atoms with Crippen molar-refractivity contribution in [3.05, 3.63) is 42.5 Å². The molecular formula is C20H22N4O. The maximum absolute atomic E-state index is 10.00. The Kier molecular flexibility index (Phi) is 3.31. The summed E-state index contributed by atoms with van der Waals surface area (Å²) in [5.41, 5.74) is 5.76. The van der Waals surface area contributed by atoms with E-state index in [1.807, 2.05) is 36.5 Å². The predicted molar refractivity (Wildman–Crippen MR) is 97.7 cm³/mol. The van der Waals surface area contributed by atoms with Crippen LogP contribution < -0.4 is 0 Å². The Hall–Kier alpha value is -2.40. The van der Waals surface area contributed by atoms with Gasteiger partial charge in [-0.3, -0.25) is 4.68 Å². The minimum Gasteiger partial charge on any atom is -0.393 e. The van der Waals surface area contributed by atoms with E-state index in [0.717, 1.165) is 41.4 Å². The summed E-state index contributed by atoms with van der Waals surface area (Å²) in [7, 11) is 1.93. The molecule has 2 aliphatic rings. The third kappa shape index (κ3) is 2.59. The van der Waals surface area contributed by atoms with Crippen LogP contribution in [0, 0.1) is 11.8 Å². The Balaban J connectivity index is 1.56. The third-order valence-electron chi connectivity index (χ3n) is 5.68. The number of nitrogens with one attached hydrogen (secondary N) is 1. The van der Waals surface area contributed by atoms with Crippen LogP contribution in [0.5, 0.6) is 0 Å². The minimum atomic E-state index is -0.121. The Bertz CT molecular complexity index is 967. The van der Waals surface area contributed by atoms with Crippen LogP contribution in [0.2, 0.25) is 0 Å². The molecule has 5 rings (SSSR count). The molecule has 3 aromatic rings. The van der Waals surface area contributed by atoms with Gasteiger partial charge in [0.1, 0.15) is 5.65 Å². The van der Waals surface area contributed by atoms with Crippen molar-refractivity contribution in [2.24, 2.45) is 18.9 Å². The number of aryl methyl sites for hydroxylation is 1. The molecule has 0 spiro atoms. The molecule has 2 bridgehead atoms. The lowest BCUT2D eigenvalue weighted by Crippen LogP contribution is -2.28. The van der Waals surface area contributed by atoms with Gasteiger partial charge in [-0.15, -0.1) is 0 Å². The van der Waals surface area contributed by atoms with Crippen molar-refractivity contribution in [2.45, 2.75) is 31.8 Å². The van der Waals surface area contributed by atoms with Gasteiger partial charge in [0.25, 0.3) is 0 Å². The first-order chi connectivity index (χ1) is 12.2. The van der Waals surface area contributed by atoms with Crippen LogP contribution in [0.25, 0.3) is 27.7 Å². The summed E-state index contributed by atoms with van der Waals surface area (Å²) in [6.45, 7) is 0. The summed E-state index contributed by atoms with van der Waals surface area (Å²) < 4.78 is 1.82. The highest BCUT2D eigenvalue weighted by Gasteiger charge is 2.31. The first-order valence-corrected chi connectivity index (χ1v) is 9.01. The lowest BCUT2D eigenvalue weighted by atomic mass is 9.71. The van der Waals surface area contributed by atoms with Crippen LogP contribution in [-0.4, -0.2) is 31.0 Å². The summed E-state index contributed by atoms with van der Waals surface area (Å²) in [6, 6.07) is 2.25. The van der Waals surface area contributed by atoms with Gasteiger partial charge in [-0.2, -0.15) is 5.10 Å². The average molecular weight is 334 g/mol. The van der Waals surface area contributed by atoms with Crippen LogP contribution in [0.15, 0.2) is 36.9 Å². The number of rotatable bonds is 2. The van der Waals surface area contributed by atoms with Crippen molar-refractivity contribution in [1.82, 2.24) is 19.7 Å². The number of aliphatic hydroxyl groups excluding tert-OH is 1. The zero-order valence-electron chi connectivity index (χ0n) is 14.3. The van der Waals surface area contributed by atoms with Gasteiger partial charge in [0.15, 0.2) is 0 Å². The van der Waals surface area contributed by atoms with Crippen molar-refractivity contribution in [3.63, 3.8) is 0 Å². The summed E-state index contributed by atoms with van der Waals surface area (Å²) in [6.07, 6.45) is 14.3. The van der Waals surface area contributed by atoms with Crippen molar-refractivity contribution >= 4 is 16.6 Å². The summed E-state index contributed by atoms with van der Waals surface area (Å²) in [5, 5.41) is 15.4. The normalized spacial score (nSPS) is 26.0. The Morgan fingerprint density at radius 3 is 2.92 bits per heavy atom. The van der Waals surface area contributed by atoms with Crippen molar-refractivity contribution in [3.8, 4) is 11.1 Å². The number of H-pyrrole nitrogens is 1. The third-order valence-corrected chi connectivity index (χ3v) is 5.68. The first-order valence-electron chi connectivity index (χ1n) is 9.01. The topological polar surface area (TPSA) is 66.7 Å². The second-order valence-corrected chi connectivity index (χ2v) is 7.61. The molecule has 0 aliphatic heterocycles. The minimum absolute atomic E-state index is 0.121. The van der Waals surface area contributed by atoms with Gasteiger partial charge in [0.05, 0.1) is 12.3 Å². The number of allylic oxidation sites excluding steroid dienone is 2. The lowest BCUT2D eigenvalue weighted by Gasteiger charge is -2.36. The van der Waals surface area contributed by atoms with Crippen LogP contribution in [-0.2, 0) is 7.05 Å². The highest BCUT2D eigenvalue weighted by atomic mass is 16.3. The molecule has 0 amide bonds. The summed E-state index contributed by atoms with van der Waals surface area (Å²) in [4.78, 5) is 7.92. The molecule has 0 radical (unpaired) electrons. The van der Waals surface area contributed by atoms with E-state index in [9.17, 15) is 5.11 Å². The zero-order chi connectivity index (χ0) is 17.0. The van der Waals surface area contributed by atoms with E-state index in [1.165, 1.54) is 17.6 Å². The van der Waals surface area contributed by atoms with Gasteiger partial charge in [-0.05, 0) is 54.7 Å². The SMILES string of the molecule is Cn1cc(-c2c[nH]c3ncc(C4=CC5CC(O)CC(C4)C5)cc23)cn1. The Morgan fingerprint density at radius 1 is 1.20 bits per heavy atom. The lowest BCUT2D eigenvalue weighted by molar-refractivity contribution is 0.0803. The molecule has 1 fully saturated rings. The fourth-order valence-corrected chi connectivity index (χ4v) is 4.61. The standard InChI is InChI=1S/C20H22N4O/c1-24-11-16(9-23-24)19-10-22-20-18(19)7-15(8-21-20)14-3-12-2-13(4-14)6-17(25)5-12/h3,7-13,17,25H,2,4-6H2,1H3,(H,21,22). The number of aromatic amines is 1. The molecule has 2 N–H and O–H groups in total. The van der Waals surface area contributed by atoms with Crippen molar-refractivity contribution in [2.75, 3.05) is 0 Å². The van der Waals surface area contributed by atoms with Gasteiger partial charge in [0.2, 0.25) is 0 Å². The van der Waals surface area contributed by atoms with Crippen molar-refractivity contribution in [1.29, 1.82) is 0 Å².